The van der Waals surface area contributed by atoms with Gasteiger partial charge in [-0.2, -0.15) is 13.2 Å². The molecule has 1 amide bonds. The Kier molecular flexibility index (Phi) is 6.05. The summed E-state index contributed by atoms with van der Waals surface area (Å²) in [4.78, 5) is 16.7. The minimum absolute atomic E-state index is 0.109. The standard InChI is InChI=1S/C18H24F3N3O3/c1-23-6-8-24(9-7-23)10-15-16(25)14(11-27-15)22-17(26)12-2-4-13(5-3-12)18(19,20)21/h2-5,14-16,25H,6-11H2,1H3,(H,22,26)/t14-,15-,16+/m0/s1. The first kappa shape index (κ1) is 20.1. The van der Waals surface area contributed by atoms with Crippen LogP contribution in [0.25, 0.3) is 0 Å². The maximum atomic E-state index is 12.6. The molecule has 2 aliphatic heterocycles. The average molecular weight is 387 g/mol. The van der Waals surface area contributed by atoms with Crippen LogP contribution in [0.4, 0.5) is 13.2 Å². The molecule has 3 atom stereocenters. The van der Waals surface area contributed by atoms with E-state index in [1.54, 1.807) is 0 Å². The van der Waals surface area contributed by atoms with Gasteiger partial charge in [-0.15, -0.1) is 0 Å². The molecule has 2 aliphatic rings. The Morgan fingerprint density at radius 3 is 2.44 bits per heavy atom. The molecule has 1 aromatic rings. The molecule has 2 N–H and O–H groups in total. The molecule has 0 bridgehead atoms. The van der Waals surface area contributed by atoms with Gasteiger partial charge < -0.3 is 20.1 Å². The second-order valence-electron chi connectivity index (χ2n) is 7.12. The normalized spacial score (nSPS) is 27.7. The predicted molar refractivity (Wildman–Crippen MR) is 92.4 cm³/mol. The molecule has 150 valence electrons. The van der Waals surface area contributed by atoms with E-state index in [4.69, 9.17) is 4.74 Å². The van der Waals surface area contributed by atoms with Crippen molar-refractivity contribution in [3.63, 3.8) is 0 Å². The van der Waals surface area contributed by atoms with E-state index < -0.39 is 35.9 Å². The minimum atomic E-state index is -4.44. The lowest BCUT2D eigenvalue weighted by molar-refractivity contribution is -0.137. The maximum Gasteiger partial charge on any atom is 0.416 e. The molecule has 0 saturated carbocycles. The third-order valence-corrected chi connectivity index (χ3v) is 5.11. The van der Waals surface area contributed by atoms with Crippen LogP contribution in [0.15, 0.2) is 24.3 Å². The number of amides is 1. The molecule has 0 aliphatic carbocycles. The molecule has 0 radical (unpaired) electrons. The summed E-state index contributed by atoms with van der Waals surface area (Å²) >= 11 is 0. The molecule has 2 fully saturated rings. The van der Waals surface area contributed by atoms with Gasteiger partial charge in [0.05, 0.1) is 24.3 Å². The first-order valence-electron chi connectivity index (χ1n) is 8.93. The lowest BCUT2D eigenvalue weighted by atomic mass is 10.1. The van der Waals surface area contributed by atoms with Gasteiger partial charge in [-0.3, -0.25) is 9.69 Å². The van der Waals surface area contributed by atoms with Crippen molar-refractivity contribution in [2.75, 3.05) is 46.4 Å². The number of alkyl halides is 3. The van der Waals surface area contributed by atoms with Crippen molar-refractivity contribution in [3.8, 4) is 0 Å². The summed E-state index contributed by atoms with van der Waals surface area (Å²) in [6, 6.07) is 3.40. The Bertz CT molecular complexity index is 645. The number of nitrogens with zero attached hydrogens (tertiary/aromatic N) is 2. The van der Waals surface area contributed by atoms with Crippen molar-refractivity contribution in [1.29, 1.82) is 0 Å². The van der Waals surface area contributed by atoms with Gasteiger partial charge in [0.15, 0.2) is 0 Å². The van der Waals surface area contributed by atoms with Gasteiger partial charge in [0, 0.05) is 38.3 Å². The van der Waals surface area contributed by atoms with E-state index in [2.05, 4.69) is 22.2 Å². The molecular weight excluding hydrogens is 363 g/mol. The van der Waals surface area contributed by atoms with E-state index in [1.807, 2.05) is 0 Å². The molecule has 27 heavy (non-hydrogen) atoms. The number of benzene rings is 1. The second-order valence-corrected chi connectivity index (χ2v) is 7.12. The number of ether oxygens (including phenoxy) is 1. The van der Waals surface area contributed by atoms with Gasteiger partial charge in [0.1, 0.15) is 6.10 Å². The van der Waals surface area contributed by atoms with Crippen LogP contribution in [-0.2, 0) is 10.9 Å². The van der Waals surface area contributed by atoms with Crippen LogP contribution in [0.2, 0.25) is 0 Å². The highest BCUT2D eigenvalue weighted by Crippen LogP contribution is 2.29. The first-order valence-corrected chi connectivity index (χ1v) is 8.93. The van der Waals surface area contributed by atoms with Crippen LogP contribution in [0.3, 0.4) is 0 Å². The predicted octanol–water partition coefficient (Wildman–Crippen LogP) is 0.811. The molecule has 9 heteroatoms. The van der Waals surface area contributed by atoms with Gasteiger partial charge in [-0.25, -0.2) is 0 Å². The molecule has 2 saturated heterocycles. The summed E-state index contributed by atoms with van der Waals surface area (Å²) in [7, 11) is 2.06. The van der Waals surface area contributed by atoms with Crippen molar-refractivity contribution in [2.24, 2.45) is 0 Å². The third-order valence-electron chi connectivity index (χ3n) is 5.11. The number of aliphatic hydroxyl groups excluding tert-OH is 1. The number of hydrogen-bond acceptors (Lipinski definition) is 5. The van der Waals surface area contributed by atoms with E-state index >= 15 is 0 Å². The van der Waals surface area contributed by atoms with E-state index in [9.17, 15) is 23.1 Å². The number of rotatable bonds is 4. The highest BCUT2D eigenvalue weighted by Gasteiger charge is 2.38. The fourth-order valence-electron chi connectivity index (χ4n) is 3.32. The smallest absolute Gasteiger partial charge is 0.388 e. The van der Waals surface area contributed by atoms with E-state index in [0.29, 0.717) is 6.54 Å². The highest BCUT2D eigenvalue weighted by molar-refractivity contribution is 5.94. The Labute approximate surface area is 155 Å². The van der Waals surface area contributed by atoms with Gasteiger partial charge in [-0.05, 0) is 31.3 Å². The molecule has 0 unspecified atom stereocenters. The Balaban J connectivity index is 1.52. The summed E-state index contributed by atoms with van der Waals surface area (Å²) in [6.07, 6.45) is -5.70. The number of carbonyl (C=O) groups excluding carboxylic acids is 1. The van der Waals surface area contributed by atoms with Crippen LogP contribution in [0.5, 0.6) is 0 Å². The number of carbonyl (C=O) groups is 1. The Hall–Kier alpha value is -1.68. The number of piperazine rings is 1. The molecule has 1 aromatic carbocycles. The van der Waals surface area contributed by atoms with Crippen molar-refractivity contribution in [3.05, 3.63) is 35.4 Å². The monoisotopic (exact) mass is 387 g/mol. The van der Waals surface area contributed by atoms with Crippen LogP contribution >= 0.6 is 0 Å². The number of nitrogens with one attached hydrogen (secondary N) is 1. The molecule has 3 rings (SSSR count). The molecule has 0 spiro atoms. The van der Waals surface area contributed by atoms with E-state index in [1.165, 1.54) is 0 Å². The van der Waals surface area contributed by atoms with Gasteiger partial charge >= 0.3 is 6.18 Å². The fourth-order valence-corrected chi connectivity index (χ4v) is 3.32. The van der Waals surface area contributed by atoms with Gasteiger partial charge in [0.2, 0.25) is 0 Å². The summed E-state index contributed by atoms with van der Waals surface area (Å²) in [5, 5.41) is 13.1. The zero-order chi connectivity index (χ0) is 19.6. The number of aliphatic hydroxyl groups is 1. The van der Waals surface area contributed by atoms with Crippen molar-refractivity contribution < 1.29 is 27.8 Å². The molecule has 6 nitrogen and oxygen atoms in total. The minimum Gasteiger partial charge on any atom is -0.388 e. The summed E-state index contributed by atoms with van der Waals surface area (Å²) in [5.74, 6) is -0.531. The van der Waals surface area contributed by atoms with Crippen molar-refractivity contribution in [1.82, 2.24) is 15.1 Å². The largest absolute Gasteiger partial charge is 0.416 e. The van der Waals surface area contributed by atoms with E-state index in [0.717, 1.165) is 50.4 Å². The SMILES string of the molecule is CN1CCN(C[C@@H]2OC[C@H](NC(=O)c3ccc(C(F)(F)F)cc3)[C@H]2O)CC1. The first-order chi connectivity index (χ1) is 12.7. The van der Waals surface area contributed by atoms with Crippen LogP contribution in [-0.4, -0.2) is 85.4 Å². The van der Waals surface area contributed by atoms with Crippen molar-refractivity contribution >= 4 is 5.91 Å². The third kappa shape index (κ3) is 4.98. The zero-order valence-corrected chi connectivity index (χ0v) is 15.1. The molecule has 0 aromatic heterocycles. The number of hydrogen-bond donors (Lipinski definition) is 2. The Morgan fingerprint density at radius 2 is 1.85 bits per heavy atom. The topological polar surface area (TPSA) is 65.0 Å². The van der Waals surface area contributed by atoms with Gasteiger partial charge in [0.25, 0.3) is 5.91 Å². The second kappa shape index (κ2) is 8.14. The lowest BCUT2D eigenvalue weighted by Crippen LogP contribution is -2.50. The quantitative estimate of drug-likeness (QED) is 0.801. The average Bonchev–Trinajstić information content (AvgIpc) is 2.96. The van der Waals surface area contributed by atoms with E-state index in [-0.39, 0.29) is 12.2 Å². The zero-order valence-electron chi connectivity index (χ0n) is 15.1. The van der Waals surface area contributed by atoms with Crippen LogP contribution < -0.4 is 5.32 Å². The summed E-state index contributed by atoms with van der Waals surface area (Å²) in [6.45, 7) is 4.46. The Morgan fingerprint density at radius 1 is 1.22 bits per heavy atom. The highest BCUT2D eigenvalue weighted by atomic mass is 19.4. The lowest BCUT2D eigenvalue weighted by Gasteiger charge is -2.34. The number of likely N-dealkylation sites (N-methyl/N-ethyl adjacent to an activating group) is 1. The fraction of sp³-hybridized carbons (Fsp3) is 0.611. The van der Waals surface area contributed by atoms with Crippen molar-refractivity contribution in [2.45, 2.75) is 24.4 Å². The summed E-state index contributed by atoms with van der Waals surface area (Å²) in [5.41, 5.74) is -0.701. The van der Waals surface area contributed by atoms with Gasteiger partial charge in [-0.1, -0.05) is 0 Å². The maximum absolute atomic E-state index is 12.6. The summed E-state index contributed by atoms with van der Waals surface area (Å²) < 4.78 is 43.4. The molecule has 2 heterocycles. The number of halogens is 3. The van der Waals surface area contributed by atoms with Crippen LogP contribution in [0, 0.1) is 0 Å². The van der Waals surface area contributed by atoms with Crippen LogP contribution in [0.1, 0.15) is 15.9 Å². The molecular formula is C18H24F3N3O3.